The van der Waals surface area contributed by atoms with E-state index in [4.69, 9.17) is 4.74 Å². The maximum Gasteiger partial charge on any atom is 0.222 e. The van der Waals surface area contributed by atoms with Crippen molar-refractivity contribution >= 4 is 5.91 Å². The van der Waals surface area contributed by atoms with Gasteiger partial charge in [-0.15, -0.1) is 0 Å². The molecule has 4 heteroatoms. The molecular formula is C20H28N2O2. The number of hydrogen-bond donors (Lipinski definition) is 1. The fourth-order valence-electron chi connectivity index (χ4n) is 4.32. The number of rotatable bonds is 5. The second-order valence-corrected chi connectivity index (χ2v) is 7.58. The van der Waals surface area contributed by atoms with Crippen molar-refractivity contribution in [3.8, 4) is 5.75 Å². The van der Waals surface area contributed by atoms with Crippen LogP contribution in [0.2, 0.25) is 0 Å². The summed E-state index contributed by atoms with van der Waals surface area (Å²) >= 11 is 0. The van der Waals surface area contributed by atoms with Gasteiger partial charge >= 0.3 is 0 Å². The van der Waals surface area contributed by atoms with Crippen molar-refractivity contribution in [3.05, 3.63) is 29.8 Å². The molecule has 130 valence electrons. The molecule has 1 N–H and O–H groups in total. The molecule has 4 nitrogen and oxygen atoms in total. The van der Waals surface area contributed by atoms with E-state index in [0.717, 1.165) is 57.5 Å². The van der Waals surface area contributed by atoms with Crippen LogP contribution >= 0.6 is 0 Å². The van der Waals surface area contributed by atoms with Gasteiger partial charge in [-0.1, -0.05) is 18.2 Å². The normalized spacial score (nSPS) is 25.1. The first-order valence-corrected chi connectivity index (χ1v) is 9.55. The molecule has 2 fully saturated rings. The van der Waals surface area contributed by atoms with Crippen LogP contribution in [0.3, 0.4) is 0 Å². The zero-order chi connectivity index (χ0) is 16.4. The van der Waals surface area contributed by atoms with Crippen LogP contribution in [0.25, 0.3) is 0 Å². The van der Waals surface area contributed by atoms with Crippen LogP contribution in [-0.4, -0.2) is 36.0 Å². The Labute approximate surface area is 144 Å². The molecule has 2 aliphatic heterocycles. The number of nitrogens with zero attached hydrogens (tertiary/aromatic N) is 1. The number of likely N-dealkylation sites (tertiary alicyclic amines) is 1. The first-order chi connectivity index (χ1) is 11.8. The highest BCUT2D eigenvalue weighted by molar-refractivity contribution is 5.76. The fourth-order valence-corrected chi connectivity index (χ4v) is 4.32. The van der Waals surface area contributed by atoms with E-state index < -0.39 is 0 Å². The van der Waals surface area contributed by atoms with Gasteiger partial charge in [0.1, 0.15) is 11.4 Å². The number of hydrogen-bond acceptors (Lipinski definition) is 3. The Morgan fingerprint density at radius 3 is 2.88 bits per heavy atom. The number of fused-ring (bicyclic) bond motifs is 1. The van der Waals surface area contributed by atoms with Crippen molar-refractivity contribution < 1.29 is 9.53 Å². The summed E-state index contributed by atoms with van der Waals surface area (Å²) in [6.45, 7) is 2.79. The molecule has 0 bridgehead atoms. The molecule has 0 radical (unpaired) electrons. The van der Waals surface area contributed by atoms with Crippen molar-refractivity contribution in [2.45, 2.75) is 63.0 Å². The Morgan fingerprint density at radius 1 is 1.21 bits per heavy atom. The van der Waals surface area contributed by atoms with E-state index in [1.165, 1.54) is 24.8 Å². The predicted octanol–water partition coefficient (Wildman–Crippen LogP) is 3.43. The van der Waals surface area contributed by atoms with Crippen LogP contribution in [0.15, 0.2) is 24.3 Å². The van der Waals surface area contributed by atoms with E-state index in [1.54, 1.807) is 0 Å². The molecule has 2 heterocycles. The van der Waals surface area contributed by atoms with E-state index in [-0.39, 0.29) is 5.60 Å². The topological polar surface area (TPSA) is 41.6 Å². The monoisotopic (exact) mass is 328 g/mol. The van der Waals surface area contributed by atoms with Crippen LogP contribution < -0.4 is 10.1 Å². The third-order valence-corrected chi connectivity index (χ3v) is 5.88. The molecule has 1 aromatic carbocycles. The zero-order valence-electron chi connectivity index (χ0n) is 14.4. The molecular weight excluding hydrogens is 300 g/mol. The van der Waals surface area contributed by atoms with Gasteiger partial charge in [-0.25, -0.2) is 0 Å². The number of carbonyl (C=O) groups excluding carboxylic acids is 1. The van der Waals surface area contributed by atoms with Gasteiger partial charge in [0.05, 0.1) is 0 Å². The van der Waals surface area contributed by atoms with Crippen LogP contribution in [-0.2, 0) is 4.79 Å². The number of para-hydroxylation sites is 1. The minimum Gasteiger partial charge on any atom is -0.487 e. The number of benzene rings is 1. The van der Waals surface area contributed by atoms with E-state index in [2.05, 4.69) is 29.6 Å². The molecule has 24 heavy (non-hydrogen) atoms. The number of piperidine rings is 1. The van der Waals surface area contributed by atoms with Gasteiger partial charge in [-0.05, 0) is 51.1 Å². The Hall–Kier alpha value is -1.55. The summed E-state index contributed by atoms with van der Waals surface area (Å²) in [7, 11) is 0. The minimum absolute atomic E-state index is 0.0782. The quantitative estimate of drug-likeness (QED) is 0.842. The van der Waals surface area contributed by atoms with E-state index in [9.17, 15) is 4.79 Å². The third kappa shape index (κ3) is 3.16. The standard InChI is InChI=1S/C20H28N2O2/c23-19-9-3-4-13-22(19)14-6-12-21-17-15-20(10-5-11-20)24-18-8-2-1-7-16(17)18/h1-2,7-8,17,21H,3-6,9-15H2/t17-/m1/s1. The summed E-state index contributed by atoms with van der Waals surface area (Å²) in [4.78, 5) is 13.9. The van der Waals surface area contributed by atoms with E-state index >= 15 is 0 Å². The molecule has 1 spiro atoms. The lowest BCUT2D eigenvalue weighted by molar-refractivity contribution is -0.133. The molecule has 1 saturated heterocycles. The lowest BCUT2D eigenvalue weighted by Crippen LogP contribution is -2.49. The molecule has 1 aromatic rings. The van der Waals surface area contributed by atoms with Crippen LogP contribution in [0.1, 0.15) is 63.0 Å². The average molecular weight is 328 g/mol. The molecule has 1 amide bonds. The highest BCUT2D eigenvalue weighted by Crippen LogP contribution is 2.48. The fraction of sp³-hybridized carbons (Fsp3) is 0.650. The smallest absolute Gasteiger partial charge is 0.222 e. The first-order valence-electron chi connectivity index (χ1n) is 9.55. The Kier molecular flexibility index (Phi) is 4.49. The Bertz CT molecular complexity index is 597. The average Bonchev–Trinajstić information content (AvgIpc) is 2.58. The van der Waals surface area contributed by atoms with Gasteiger partial charge in [0.25, 0.3) is 0 Å². The Morgan fingerprint density at radius 2 is 2.08 bits per heavy atom. The maximum atomic E-state index is 11.9. The summed E-state index contributed by atoms with van der Waals surface area (Å²) in [6.07, 6.45) is 8.72. The van der Waals surface area contributed by atoms with Gasteiger partial charge in [0.15, 0.2) is 0 Å². The third-order valence-electron chi connectivity index (χ3n) is 5.88. The molecule has 0 unspecified atom stereocenters. The largest absolute Gasteiger partial charge is 0.487 e. The molecule has 1 aliphatic carbocycles. The van der Waals surface area contributed by atoms with Crippen molar-refractivity contribution in [1.82, 2.24) is 10.2 Å². The first kappa shape index (κ1) is 15.9. The zero-order valence-corrected chi connectivity index (χ0v) is 14.4. The summed E-state index contributed by atoms with van der Waals surface area (Å²) in [5.74, 6) is 1.40. The van der Waals surface area contributed by atoms with Crippen molar-refractivity contribution in [1.29, 1.82) is 0 Å². The van der Waals surface area contributed by atoms with Gasteiger partial charge in [-0.2, -0.15) is 0 Å². The van der Waals surface area contributed by atoms with E-state index in [0.29, 0.717) is 11.9 Å². The number of ether oxygens (including phenoxy) is 1. The number of carbonyl (C=O) groups is 1. The molecule has 1 atom stereocenters. The van der Waals surface area contributed by atoms with Crippen molar-refractivity contribution in [3.63, 3.8) is 0 Å². The maximum absolute atomic E-state index is 11.9. The highest BCUT2D eigenvalue weighted by Gasteiger charge is 2.45. The lowest BCUT2D eigenvalue weighted by atomic mass is 9.73. The van der Waals surface area contributed by atoms with Crippen molar-refractivity contribution in [2.75, 3.05) is 19.6 Å². The van der Waals surface area contributed by atoms with Crippen LogP contribution in [0, 0.1) is 0 Å². The van der Waals surface area contributed by atoms with Gasteiger partial charge in [0, 0.05) is 37.5 Å². The molecule has 3 aliphatic rings. The predicted molar refractivity (Wildman–Crippen MR) is 94.1 cm³/mol. The number of nitrogens with one attached hydrogen (secondary N) is 1. The van der Waals surface area contributed by atoms with Gasteiger partial charge in [-0.3, -0.25) is 4.79 Å². The van der Waals surface area contributed by atoms with Crippen molar-refractivity contribution in [2.24, 2.45) is 0 Å². The van der Waals surface area contributed by atoms with Gasteiger partial charge in [0.2, 0.25) is 5.91 Å². The molecule has 0 aromatic heterocycles. The summed E-state index contributed by atoms with van der Waals surface area (Å²) < 4.78 is 6.31. The minimum atomic E-state index is 0.0782. The molecule has 1 saturated carbocycles. The van der Waals surface area contributed by atoms with Crippen LogP contribution in [0.4, 0.5) is 0 Å². The van der Waals surface area contributed by atoms with Gasteiger partial charge < -0.3 is 15.0 Å². The second-order valence-electron chi connectivity index (χ2n) is 7.58. The molecule has 4 rings (SSSR count). The summed E-state index contributed by atoms with van der Waals surface area (Å²) in [5, 5.41) is 3.74. The summed E-state index contributed by atoms with van der Waals surface area (Å²) in [6, 6.07) is 8.84. The lowest BCUT2D eigenvalue weighted by Gasteiger charge is -2.48. The number of amides is 1. The highest BCUT2D eigenvalue weighted by atomic mass is 16.5. The summed E-state index contributed by atoms with van der Waals surface area (Å²) in [5.41, 5.74) is 1.37. The van der Waals surface area contributed by atoms with E-state index in [1.807, 2.05) is 4.90 Å². The second kappa shape index (κ2) is 6.75. The Balaban J connectivity index is 1.33. The SMILES string of the molecule is O=C1CCCCN1CCCN[C@@H]1CC2(CCC2)Oc2ccccc21. The van der Waals surface area contributed by atoms with Crippen LogP contribution in [0.5, 0.6) is 5.75 Å².